The van der Waals surface area contributed by atoms with Gasteiger partial charge in [-0.1, -0.05) is 12.1 Å². The molecular formula is C17H17N3O4. The first-order chi connectivity index (χ1) is 11.4. The maximum absolute atomic E-state index is 11.9. The third-order valence-electron chi connectivity index (χ3n) is 3.44. The maximum atomic E-state index is 11.9. The molecule has 0 spiro atoms. The van der Waals surface area contributed by atoms with E-state index in [1.54, 1.807) is 19.1 Å². The van der Waals surface area contributed by atoms with Crippen LogP contribution in [0.3, 0.4) is 0 Å². The van der Waals surface area contributed by atoms with Crippen molar-refractivity contribution in [1.82, 2.24) is 10.3 Å². The van der Waals surface area contributed by atoms with Crippen LogP contribution >= 0.6 is 0 Å². The number of H-pyrrole nitrogens is 1. The molecule has 0 saturated carbocycles. The number of aryl methyl sites for hydroxylation is 2. The van der Waals surface area contributed by atoms with Gasteiger partial charge in [0.1, 0.15) is 0 Å². The van der Waals surface area contributed by atoms with Gasteiger partial charge in [-0.25, -0.2) is 0 Å². The minimum atomic E-state index is -0.496. The molecule has 1 aromatic heterocycles. The molecular weight excluding hydrogens is 310 g/mol. The number of nitro benzene ring substituents is 1. The first-order valence-corrected chi connectivity index (χ1v) is 7.26. The van der Waals surface area contributed by atoms with Crippen molar-refractivity contribution >= 4 is 17.7 Å². The van der Waals surface area contributed by atoms with Crippen LogP contribution in [0.2, 0.25) is 0 Å². The number of nitro groups is 1. The highest BCUT2D eigenvalue weighted by atomic mass is 16.6. The van der Waals surface area contributed by atoms with E-state index in [2.05, 4.69) is 10.3 Å². The number of nitrogens with one attached hydrogen (secondary N) is 2. The summed E-state index contributed by atoms with van der Waals surface area (Å²) in [5.41, 5.74) is 2.34. The van der Waals surface area contributed by atoms with Crippen molar-refractivity contribution in [2.24, 2.45) is 0 Å². The molecule has 0 unspecified atom stereocenters. The summed E-state index contributed by atoms with van der Waals surface area (Å²) < 4.78 is 0. The van der Waals surface area contributed by atoms with Crippen molar-refractivity contribution in [3.05, 3.63) is 79.3 Å². The van der Waals surface area contributed by atoms with Crippen molar-refractivity contribution in [3.63, 3.8) is 0 Å². The van der Waals surface area contributed by atoms with Gasteiger partial charge in [-0.2, -0.15) is 0 Å². The molecule has 24 heavy (non-hydrogen) atoms. The number of amides is 1. The number of carbonyl (C=O) groups excluding carboxylic acids is 1. The first kappa shape index (κ1) is 17.1. The first-order valence-electron chi connectivity index (χ1n) is 7.26. The third kappa shape index (κ3) is 4.39. The largest absolute Gasteiger partial charge is 0.348 e. The topological polar surface area (TPSA) is 105 Å². The van der Waals surface area contributed by atoms with Crippen LogP contribution in [0.5, 0.6) is 0 Å². The Balaban J connectivity index is 2.03. The second kappa shape index (κ2) is 7.36. The number of aromatic nitrogens is 1. The molecule has 0 bridgehead atoms. The van der Waals surface area contributed by atoms with E-state index in [1.165, 1.54) is 24.3 Å². The molecule has 124 valence electrons. The van der Waals surface area contributed by atoms with Gasteiger partial charge in [0.2, 0.25) is 5.91 Å². The van der Waals surface area contributed by atoms with Gasteiger partial charge in [0.25, 0.3) is 11.2 Å². The zero-order valence-corrected chi connectivity index (χ0v) is 13.3. The van der Waals surface area contributed by atoms with Crippen molar-refractivity contribution < 1.29 is 9.72 Å². The minimum Gasteiger partial charge on any atom is -0.348 e. The lowest BCUT2D eigenvalue weighted by molar-refractivity contribution is -0.384. The Morgan fingerprint density at radius 2 is 2.08 bits per heavy atom. The lowest BCUT2D eigenvalue weighted by atomic mass is 10.1. The van der Waals surface area contributed by atoms with Crippen LogP contribution in [0, 0.1) is 24.0 Å². The fraction of sp³-hybridized carbons (Fsp3) is 0.176. The van der Waals surface area contributed by atoms with Crippen LogP contribution in [0.15, 0.2) is 41.2 Å². The second-order valence-corrected chi connectivity index (χ2v) is 5.35. The molecule has 0 saturated heterocycles. The molecule has 1 amide bonds. The minimum absolute atomic E-state index is 0.0422. The van der Waals surface area contributed by atoms with Gasteiger partial charge in [-0.3, -0.25) is 19.7 Å². The third-order valence-corrected chi connectivity index (χ3v) is 3.44. The molecule has 0 aliphatic heterocycles. The molecule has 0 radical (unpaired) electrons. The number of aromatic amines is 1. The molecule has 2 rings (SSSR count). The Kier molecular flexibility index (Phi) is 5.26. The van der Waals surface area contributed by atoms with Crippen molar-refractivity contribution in [2.75, 3.05) is 0 Å². The van der Waals surface area contributed by atoms with Gasteiger partial charge in [0, 0.05) is 36.0 Å². The fourth-order valence-electron chi connectivity index (χ4n) is 2.25. The van der Waals surface area contributed by atoms with Gasteiger partial charge < -0.3 is 10.3 Å². The standard InChI is InChI=1S/C17H17N3O4/c1-11-8-12(2)19-17(22)15(11)10-18-16(21)7-6-13-4-3-5-14(9-13)20(23)24/h3-9H,10H2,1-2H3,(H,18,21)(H,19,22)/b7-6+. The van der Waals surface area contributed by atoms with Crippen LogP contribution < -0.4 is 10.9 Å². The zero-order valence-electron chi connectivity index (χ0n) is 13.3. The molecule has 0 aliphatic rings. The number of carbonyl (C=O) groups is 1. The molecule has 7 nitrogen and oxygen atoms in total. The van der Waals surface area contributed by atoms with E-state index in [-0.39, 0.29) is 23.7 Å². The average Bonchev–Trinajstić information content (AvgIpc) is 2.52. The molecule has 0 fully saturated rings. The predicted octanol–water partition coefficient (Wildman–Crippen LogP) is 2.23. The molecule has 1 aromatic carbocycles. The predicted molar refractivity (Wildman–Crippen MR) is 90.5 cm³/mol. The lowest BCUT2D eigenvalue weighted by Gasteiger charge is -2.06. The molecule has 0 atom stereocenters. The smallest absolute Gasteiger partial charge is 0.270 e. The van der Waals surface area contributed by atoms with E-state index in [0.717, 1.165) is 11.3 Å². The molecule has 2 N–H and O–H groups in total. The number of nitrogens with zero attached hydrogens (tertiary/aromatic N) is 1. The molecule has 1 heterocycles. The Morgan fingerprint density at radius 1 is 1.33 bits per heavy atom. The maximum Gasteiger partial charge on any atom is 0.270 e. The summed E-state index contributed by atoms with van der Waals surface area (Å²) in [5.74, 6) is -0.388. The van der Waals surface area contributed by atoms with Crippen molar-refractivity contribution in [1.29, 1.82) is 0 Å². The summed E-state index contributed by atoms with van der Waals surface area (Å²) in [5, 5.41) is 13.3. The van der Waals surface area contributed by atoms with Crippen LogP contribution in [-0.4, -0.2) is 15.8 Å². The Bertz CT molecular complexity index is 868. The van der Waals surface area contributed by atoms with Gasteiger partial charge in [0.05, 0.1) is 4.92 Å². The Labute approximate surface area is 138 Å². The summed E-state index contributed by atoms with van der Waals surface area (Å²) in [6.07, 6.45) is 2.76. The van der Waals surface area contributed by atoms with E-state index in [1.807, 2.05) is 13.0 Å². The number of hydrogen-bond donors (Lipinski definition) is 2. The van der Waals surface area contributed by atoms with E-state index in [4.69, 9.17) is 0 Å². The lowest BCUT2D eigenvalue weighted by Crippen LogP contribution is -2.26. The van der Waals surface area contributed by atoms with E-state index < -0.39 is 4.92 Å². The molecule has 7 heteroatoms. The van der Waals surface area contributed by atoms with Gasteiger partial charge in [0.15, 0.2) is 0 Å². The van der Waals surface area contributed by atoms with Gasteiger partial charge in [-0.05, 0) is 37.1 Å². The van der Waals surface area contributed by atoms with E-state index in [9.17, 15) is 19.7 Å². The fourth-order valence-corrected chi connectivity index (χ4v) is 2.25. The Morgan fingerprint density at radius 3 is 2.75 bits per heavy atom. The van der Waals surface area contributed by atoms with Crippen molar-refractivity contribution in [2.45, 2.75) is 20.4 Å². The zero-order chi connectivity index (χ0) is 17.7. The number of benzene rings is 1. The SMILES string of the molecule is Cc1cc(C)c(CNC(=O)/C=C/c2cccc([N+](=O)[O-])c2)c(=O)[nH]1. The second-order valence-electron chi connectivity index (χ2n) is 5.35. The van der Waals surface area contributed by atoms with E-state index in [0.29, 0.717) is 11.1 Å². The Hall–Kier alpha value is -3.22. The highest BCUT2D eigenvalue weighted by Gasteiger charge is 2.07. The number of pyridine rings is 1. The van der Waals surface area contributed by atoms with Crippen LogP contribution in [0.25, 0.3) is 6.08 Å². The molecule has 2 aromatic rings. The number of hydrogen-bond acceptors (Lipinski definition) is 4. The summed E-state index contributed by atoms with van der Waals surface area (Å²) in [6.45, 7) is 3.71. The highest BCUT2D eigenvalue weighted by molar-refractivity contribution is 5.91. The monoisotopic (exact) mass is 327 g/mol. The summed E-state index contributed by atoms with van der Waals surface area (Å²) in [6, 6.07) is 7.79. The summed E-state index contributed by atoms with van der Waals surface area (Å²) in [4.78, 5) is 36.6. The van der Waals surface area contributed by atoms with Crippen molar-refractivity contribution in [3.8, 4) is 0 Å². The van der Waals surface area contributed by atoms with Gasteiger partial charge in [-0.15, -0.1) is 0 Å². The quantitative estimate of drug-likeness (QED) is 0.499. The van der Waals surface area contributed by atoms with Crippen LogP contribution in [0.4, 0.5) is 5.69 Å². The van der Waals surface area contributed by atoms with Crippen LogP contribution in [0.1, 0.15) is 22.4 Å². The van der Waals surface area contributed by atoms with Gasteiger partial charge >= 0.3 is 0 Å². The highest BCUT2D eigenvalue weighted by Crippen LogP contribution is 2.14. The normalized spacial score (nSPS) is 10.8. The number of rotatable bonds is 5. The number of non-ortho nitro benzene ring substituents is 1. The molecule has 0 aliphatic carbocycles. The van der Waals surface area contributed by atoms with Crippen LogP contribution in [-0.2, 0) is 11.3 Å². The average molecular weight is 327 g/mol. The summed E-state index contributed by atoms with van der Waals surface area (Å²) in [7, 11) is 0. The van der Waals surface area contributed by atoms with E-state index >= 15 is 0 Å². The summed E-state index contributed by atoms with van der Waals surface area (Å²) >= 11 is 0.